The van der Waals surface area contributed by atoms with Gasteiger partial charge in [0.15, 0.2) is 0 Å². The summed E-state index contributed by atoms with van der Waals surface area (Å²) < 4.78 is 28.3. The van der Waals surface area contributed by atoms with Gasteiger partial charge in [0.25, 0.3) is 0 Å². The molecule has 0 bridgehead atoms. The lowest BCUT2D eigenvalue weighted by atomic mass is 10.2. The lowest BCUT2D eigenvalue weighted by Crippen LogP contribution is -2.14. The zero-order valence-corrected chi connectivity index (χ0v) is 14.6. The number of benzene rings is 2. The van der Waals surface area contributed by atoms with Gasteiger partial charge in [0.2, 0.25) is 5.91 Å². The predicted octanol–water partition coefficient (Wildman–Crippen LogP) is 5.47. The average Bonchev–Trinajstić information content (AvgIpc) is 2.52. The predicted molar refractivity (Wildman–Crippen MR) is 94.3 cm³/mol. The minimum atomic E-state index is -2.87. The van der Waals surface area contributed by atoms with E-state index in [-0.39, 0.29) is 17.4 Å². The van der Waals surface area contributed by atoms with E-state index < -0.39 is 6.61 Å². The molecule has 24 heavy (non-hydrogen) atoms. The van der Waals surface area contributed by atoms with Gasteiger partial charge in [-0.2, -0.15) is 8.78 Å². The summed E-state index contributed by atoms with van der Waals surface area (Å²) in [4.78, 5) is 11.9. The Morgan fingerprint density at radius 1 is 1.12 bits per heavy atom. The Bertz CT molecular complexity index is 699. The van der Waals surface area contributed by atoms with Crippen molar-refractivity contribution in [3.8, 4) is 5.75 Å². The molecule has 0 fully saturated rings. The Hall–Kier alpha value is -1.50. The van der Waals surface area contributed by atoms with Crippen molar-refractivity contribution < 1.29 is 18.3 Å². The lowest BCUT2D eigenvalue weighted by Gasteiger charge is -2.08. The number of nitrogens with one attached hydrogen (secondary N) is 1. The first-order chi connectivity index (χ1) is 11.4. The zero-order valence-electron chi connectivity index (χ0n) is 12.3. The summed E-state index contributed by atoms with van der Waals surface area (Å²) in [5, 5.41) is 3.64. The van der Waals surface area contributed by atoms with Crippen molar-refractivity contribution in [1.29, 1.82) is 0 Å². The molecule has 0 atom stereocenters. The quantitative estimate of drug-likeness (QED) is 0.680. The molecule has 3 nitrogen and oxygen atoms in total. The number of anilines is 1. The summed E-state index contributed by atoms with van der Waals surface area (Å²) in [6.45, 7) is -2.87. The first kappa shape index (κ1) is 18.8. The van der Waals surface area contributed by atoms with Crippen LogP contribution in [0, 0.1) is 0 Å². The Labute approximate surface area is 152 Å². The van der Waals surface area contributed by atoms with E-state index >= 15 is 0 Å². The van der Waals surface area contributed by atoms with Crippen LogP contribution in [0.1, 0.15) is 5.56 Å². The van der Waals surface area contributed by atoms with E-state index in [4.69, 9.17) is 23.2 Å². The maximum Gasteiger partial charge on any atom is 0.387 e. The number of rotatable bonds is 7. The van der Waals surface area contributed by atoms with Gasteiger partial charge in [0.1, 0.15) is 5.75 Å². The number of amides is 1. The maximum absolute atomic E-state index is 12.0. The van der Waals surface area contributed by atoms with E-state index in [2.05, 4.69) is 10.1 Å². The molecule has 128 valence electrons. The molecule has 1 N–H and O–H groups in total. The van der Waals surface area contributed by atoms with Crippen molar-refractivity contribution in [3.05, 3.63) is 58.1 Å². The molecule has 0 saturated heterocycles. The van der Waals surface area contributed by atoms with Crippen LogP contribution in [0.25, 0.3) is 0 Å². The van der Waals surface area contributed by atoms with Crippen LogP contribution in [0.4, 0.5) is 14.5 Å². The summed E-state index contributed by atoms with van der Waals surface area (Å²) >= 11 is 13.2. The van der Waals surface area contributed by atoms with E-state index in [0.717, 1.165) is 5.56 Å². The Morgan fingerprint density at radius 2 is 1.83 bits per heavy atom. The first-order valence-electron chi connectivity index (χ1n) is 6.80. The van der Waals surface area contributed by atoms with E-state index in [9.17, 15) is 13.6 Å². The van der Waals surface area contributed by atoms with Crippen LogP contribution in [-0.4, -0.2) is 18.3 Å². The van der Waals surface area contributed by atoms with Crippen LogP contribution in [0.2, 0.25) is 10.0 Å². The van der Waals surface area contributed by atoms with Crippen LogP contribution in [-0.2, 0) is 10.5 Å². The van der Waals surface area contributed by atoms with Gasteiger partial charge in [-0.3, -0.25) is 4.79 Å². The number of hydrogen-bond donors (Lipinski definition) is 1. The number of alkyl halides is 2. The molecule has 0 spiro atoms. The van der Waals surface area contributed by atoms with Crippen molar-refractivity contribution in [2.75, 3.05) is 11.1 Å². The Balaban J connectivity index is 1.77. The van der Waals surface area contributed by atoms with Crippen LogP contribution < -0.4 is 10.1 Å². The van der Waals surface area contributed by atoms with Gasteiger partial charge < -0.3 is 10.1 Å². The minimum Gasteiger partial charge on any atom is -0.435 e. The molecule has 0 aromatic heterocycles. The number of carbonyl (C=O) groups is 1. The molecule has 8 heteroatoms. The van der Waals surface area contributed by atoms with Gasteiger partial charge in [-0.25, -0.2) is 0 Å². The highest BCUT2D eigenvalue weighted by atomic mass is 35.5. The normalized spacial score (nSPS) is 10.7. The van der Waals surface area contributed by atoms with E-state index in [0.29, 0.717) is 21.5 Å². The van der Waals surface area contributed by atoms with Gasteiger partial charge >= 0.3 is 6.61 Å². The summed E-state index contributed by atoms with van der Waals surface area (Å²) in [5.41, 5.74) is 1.48. The van der Waals surface area contributed by atoms with E-state index in [1.165, 1.54) is 36.0 Å². The highest BCUT2D eigenvalue weighted by molar-refractivity contribution is 7.99. The Kier molecular flexibility index (Phi) is 7.15. The molecule has 0 heterocycles. The third kappa shape index (κ3) is 6.19. The largest absolute Gasteiger partial charge is 0.435 e. The topological polar surface area (TPSA) is 38.3 Å². The molecule has 0 radical (unpaired) electrons. The van der Waals surface area contributed by atoms with Gasteiger partial charge in [0.05, 0.1) is 15.8 Å². The summed E-state index contributed by atoms with van der Waals surface area (Å²) in [7, 11) is 0. The Morgan fingerprint density at radius 3 is 2.46 bits per heavy atom. The van der Waals surface area contributed by atoms with Crippen molar-refractivity contribution >= 4 is 46.6 Å². The van der Waals surface area contributed by atoms with Gasteiger partial charge in [-0.15, -0.1) is 11.8 Å². The lowest BCUT2D eigenvalue weighted by molar-refractivity contribution is -0.113. The fourth-order valence-electron chi connectivity index (χ4n) is 1.81. The van der Waals surface area contributed by atoms with Gasteiger partial charge in [-0.1, -0.05) is 29.3 Å². The van der Waals surface area contributed by atoms with Crippen LogP contribution in [0.5, 0.6) is 5.75 Å². The first-order valence-corrected chi connectivity index (χ1v) is 8.71. The second-order valence-corrected chi connectivity index (χ2v) is 6.49. The van der Waals surface area contributed by atoms with Crippen LogP contribution >= 0.6 is 35.0 Å². The van der Waals surface area contributed by atoms with Crippen molar-refractivity contribution in [2.24, 2.45) is 0 Å². The second-order valence-electron chi connectivity index (χ2n) is 4.69. The van der Waals surface area contributed by atoms with Crippen LogP contribution in [0.15, 0.2) is 42.5 Å². The fraction of sp³-hybridized carbons (Fsp3) is 0.188. The molecule has 0 aliphatic rings. The molecular weight excluding hydrogens is 379 g/mol. The zero-order chi connectivity index (χ0) is 17.5. The van der Waals surface area contributed by atoms with Crippen LogP contribution in [0.3, 0.4) is 0 Å². The molecular formula is C16H13Cl2F2NO2S. The summed E-state index contributed by atoms with van der Waals surface area (Å²) in [5.74, 6) is 0.709. The summed E-state index contributed by atoms with van der Waals surface area (Å²) in [6, 6.07) is 11.0. The number of carbonyl (C=O) groups excluding carboxylic acids is 1. The number of hydrogen-bond acceptors (Lipinski definition) is 3. The van der Waals surface area contributed by atoms with Crippen molar-refractivity contribution in [1.82, 2.24) is 0 Å². The molecule has 0 unspecified atom stereocenters. The SMILES string of the molecule is O=C(CSCc1ccc(Cl)c(Cl)c1)Nc1ccc(OC(F)F)cc1. The van der Waals surface area contributed by atoms with Gasteiger partial charge in [-0.05, 0) is 42.0 Å². The van der Waals surface area contributed by atoms with Gasteiger partial charge in [0, 0.05) is 11.4 Å². The molecule has 0 aliphatic heterocycles. The molecule has 2 aromatic carbocycles. The second kappa shape index (κ2) is 9.11. The smallest absolute Gasteiger partial charge is 0.387 e. The van der Waals surface area contributed by atoms with Crippen molar-refractivity contribution in [3.63, 3.8) is 0 Å². The molecule has 0 saturated carbocycles. The molecule has 1 amide bonds. The molecule has 0 aliphatic carbocycles. The minimum absolute atomic E-state index is 0.0389. The highest BCUT2D eigenvalue weighted by Gasteiger charge is 2.06. The molecule has 2 rings (SSSR count). The third-order valence-corrected chi connectivity index (χ3v) is 4.59. The monoisotopic (exact) mass is 391 g/mol. The highest BCUT2D eigenvalue weighted by Crippen LogP contribution is 2.25. The van der Waals surface area contributed by atoms with E-state index in [1.807, 2.05) is 6.07 Å². The van der Waals surface area contributed by atoms with E-state index in [1.54, 1.807) is 12.1 Å². The fourth-order valence-corrected chi connectivity index (χ4v) is 2.90. The number of halogens is 4. The molecule has 2 aromatic rings. The third-order valence-electron chi connectivity index (χ3n) is 2.85. The van der Waals surface area contributed by atoms with Crippen molar-refractivity contribution in [2.45, 2.75) is 12.4 Å². The number of ether oxygens (including phenoxy) is 1. The standard InChI is InChI=1S/C16H13Cl2F2NO2S/c17-13-6-1-10(7-14(13)18)8-24-9-15(22)21-11-2-4-12(5-3-11)23-16(19)20/h1-7,16H,8-9H2,(H,21,22). The average molecular weight is 392 g/mol. The number of thioether (sulfide) groups is 1. The maximum atomic E-state index is 12.0. The summed E-state index contributed by atoms with van der Waals surface area (Å²) in [6.07, 6.45) is 0.